The average Bonchev–Trinajstić information content (AvgIpc) is 3.09. The molecule has 0 saturated carbocycles. The zero-order valence-electron chi connectivity index (χ0n) is 25.5. The van der Waals surface area contributed by atoms with Gasteiger partial charge in [-0.1, -0.05) is 41.9 Å². The van der Waals surface area contributed by atoms with E-state index in [9.17, 15) is 23.9 Å². The number of benzene rings is 2. The summed E-state index contributed by atoms with van der Waals surface area (Å²) in [4.78, 5) is 52.1. The number of nitrogen functional groups attached to an aromatic ring is 1. The maximum atomic E-state index is 14.0. The minimum Gasteiger partial charge on any atom is -0.437 e. The van der Waals surface area contributed by atoms with Gasteiger partial charge < -0.3 is 25.4 Å². The lowest BCUT2D eigenvalue weighted by atomic mass is 9.79. The standard InChI is InChI=1S/C34H34ClFN6O5/c35-24-16-23(17-38-18-24)31(43)41-13-10-27(28(19-41)22-4-2-1-3-5-22)32(44)40-14-11-34(46,12-15-40)20-42-21-39-30(29(37)33(42)45)47-26-8-6-25(36)7-9-26/h1-9,16-18,21,27-28,46H,10-15,19-20,37H2/t27-,28+/m1/s1. The second-order valence-electron chi connectivity index (χ2n) is 12.1. The highest BCUT2D eigenvalue weighted by atomic mass is 35.5. The lowest BCUT2D eigenvalue weighted by Crippen LogP contribution is -2.53. The van der Waals surface area contributed by atoms with Gasteiger partial charge in [-0.2, -0.15) is 0 Å². The third kappa shape index (κ3) is 7.13. The number of aliphatic hydroxyl groups is 1. The number of nitrogens with two attached hydrogens (primary N) is 1. The lowest BCUT2D eigenvalue weighted by Gasteiger charge is -2.43. The molecule has 2 atom stereocenters. The van der Waals surface area contributed by atoms with Crippen LogP contribution in [0.1, 0.15) is 41.1 Å². The first-order valence-corrected chi connectivity index (χ1v) is 15.7. The number of aromatic nitrogens is 3. The summed E-state index contributed by atoms with van der Waals surface area (Å²) >= 11 is 6.08. The van der Waals surface area contributed by atoms with Gasteiger partial charge in [-0.15, -0.1) is 0 Å². The highest BCUT2D eigenvalue weighted by Crippen LogP contribution is 2.36. The molecule has 0 radical (unpaired) electrons. The summed E-state index contributed by atoms with van der Waals surface area (Å²) in [7, 11) is 0. The lowest BCUT2D eigenvalue weighted by molar-refractivity contribution is -0.142. The molecule has 4 aromatic rings. The Labute approximate surface area is 275 Å². The molecule has 13 heteroatoms. The van der Waals surface area contributed by atoms with E-state index in [1.807, 2.05) is 30.3 Å². The molecule has 0 bridgehead atoms. The van der Waals surface area contributed by atoms with Crippen molar-refractivity contribution in [2.75, 3.05) is 31.9 Å². The molecule has 2 aromatic heterocycles. The average molecular weight is 661 g/mol. The van der Waals surface area contributed by atoms with E-state index in [1.165, 1.54) is 47.6 Å². The second kappa shape index (κ2) is 13.5. The largest absolute Gasteiger partial charge is 0.437 e. The maximum absolute atomic E-state index is 14.0. The highest BCUT2D eigenvalue weighted by Gasteiger charge is 2.41. The molecule has 6 rings (SSSR count). The van der Waals surface area contributed by atoms with Crippen LogP contribution in [0.4, 0.5) is 10.1 Å². The molecule has 244 valence electrons. The third-order valence-corrected chi connectivity index (χ3v) is 9.14. The van der Waals surface area contributed by atoms with Crippen molar-refractivity contribution in [3.8, 4) is 11.6 Å². The Morgan fingerprint density at radius 3 is 2.47 bits per heavy atom. The summed E-state index contributed by atoms with van der Waals surface area (Å²) < 4.78 is 20.0. The van der Waals surface area contributed by atoms with Crippen LogP contribution < -0.4 is 16.0 Å². The van der Waals surface area contributed by atoms with Gasteiger partial charge in [-0.3, -0.25) is 23.9 Å². The van der Waals surface area contributed by atoms with Crippen molar-refractivity contribution in [2.24, 2.45) is 5.92 Å². The second-order valence-corrected chi connectivity index (χ2v) is 12.5. The Bertz CT molecular complexity index is 1810. The van der Waals surface area contributed by atoms with Crippen LogP contribution in [0.15, 0.2) is 84.2 Å². The summed E-state index contributed by atoms with van der Waals surface area (Å²) in [5.74, 6) is -1.07. The van der Waals surface area contributed by atoms with Crippen molar-refractivity contribution in [3.05, 3.63) is 112 Å². The van der Waals surface area contributed by atoms with Crippen LogP contribution in [-0.2, 0) is 11.3 Å². The minimum atomic E-state index is -1.27. The number of ether oxygens (including phenoxy) is 1. The molecular formula is C34H34ClFN6O5. The zero-order chi connectivity index (χ0) is 33.1. The van der Waals surface area contributed by atoms with Crippen LogP contribution >= 0.6 is 11.6 Å². The molecule has 3 N–H and O–H groups in total. The van der Waals surface area contributed by atoms with E-state index in [2.05, 4.69) is 9.97 Å². The van der Waals surface area contributed by atoms with Gasteiger partial charge in [0, 0.05) is 50.4 Å². The number of likely N-dealkylation sites (tertiary alicyclic amines) is 2. The van der Waals surface area contributed by atoms with Gasteiger partial charge in [-0.25, -0.2) is 9.37 Å². The topological polar surface area (TPSA) is 144 Å². The van der Waals surface area contributed by atoms with Gasteiger partial charge >= 0.3 is 0 Å². The number of pyridine rings is 1. The van der Waals surface area contributed by atoms with Gasteiger partial charge in [0.15, 0.2) is 5.69 Å². The summed E-state index contributed by atoms with van der Waals surface area (Å²) in [6.07, 6.45) is 5.19. The first-order valence-electron chi connectivity index (χ1n) is 15.3. The van der Waals surface area contributed by atoms with Crippen LogP contribution in [0.25, 0.3) is 0 Å². The van der Waals surface area contributed by atoms with Crippen molar-refractivity contribution in [1.82, 2.24) is 24.3 Å². The number of piperidine rings is 2. The number of anilines is 1. The molecule has 0 spiro atoms. The van der Waals surface area contributed by atoms with E-state index in [4.69, 9.17) is 22.1 Å². The number of carbonyl (C=O) groups excluding carboxylic acids is 2. The first-order chi connectivity index (χ1) is 22.6. The van der Waals surface area contributed by atoms with Gasteiger partial charge in [0.2, 0.25) is 11.8 Å². The predicted octanol–water partition coefficient (Wildman–Crippen LogP) is 4.10. The minimum absolute atomic E-state index is 0.0252. The van der Waals surface area contributed by atoms with Gasteiger partial charge in [0.1, 0.15) is 17.9 Å². The predicted molar refractivity (Wildman–Crippen MR) is 173 cm³/mol. The van der Waals surface area contributed by atoms with E-state index in [0.717, 1.165) is 5.56 Å². The van der Waals surface area contributed by atoms with E-state index < -0.39 is 17.0 Å². The molecule has 47 heavy (non-hydrogen) atoms. The molecule has 2 aromatic carbocycles. The summed E-state index contributed by atoms with van der Waals surface area (Å²) in [6.45, 7) is 1.30. The van der Waals surface area contributed by atoms with E-state index in [1.54, 1.807) is 15.9 Å². The van der Waals surface area contributed by atoms with Crippen molar-refractivity contribution < 1.29 is 23.8 Å². The molecule has 2 aliphatic rings. The van der Waals surface area contributed by atoms with Crippen LogP contribution in [0, 0.1) is 11.7 Å². The molecular weight excluding hydrogens is 627 g/mol. The van der Waals surface area contributed by atoms with Gasteiger partial charge in [-0.05, 0) is 55.2 Å². The molecule has 4 heterocycles. The number of halogens is 2. The van der Waals surface area contributed by atoms with Crippen molar-refractivity contribution >= 4 is 29.1 Å². The van der Waals surface area contributed by atoms with Crippen molar-refractivity contribution in [1.29, 1.82) is 0 Å². The summed E-state index contributed by atoms with van der Waals surface area (Å²) in [5, 5.41) is 11.8. The number of carbonyl (C=O) groups is 2. The molecule has 0 aliphatic carbocycles. The SMILES string of the molecule is Nc1c(Oc2ccc(F)cc2)ncn(CC2(O)CCN(C(=O)[C@@H]3CCN(C(=O)c4cncc(Cl)c4)C[C@H]3c3ccccc3)CC2)c1=O. The quantitative estimate of drug-likeness (QED) is 0.302. The van der Waals surface area contributed by atoms with E-state index >= 15 is 0 Å². The number of hydrogen-bond acceptors (Lipinski definition) is 8. The van der Waals surface area contributed by atoms with Gasteiger partial charge in [0.25, 0.3) is 11.5 Å². The summed E-state index contributed by atoms with van der Waals surface area (Å²) in [5.41, 5.74) is 5.30. The van der Waals surface area contributed by atoms with E-state index in [-0.39, 0.29) is 60.4 Å². The molecule has 0 unspecified atom stereocenters. The van der Waals surface area contributed by atoms with Crippen LogP contribution in [0.3, 0.4) is 0 Å². The number of hydrogen-bond donors (Lipinski definition) is 2. The van der Waals surface area contributed by atoms with Crippen LogP contribution in [0.5, 0.6) is 11.6 Å². The molecule has 2 fully saturated rings. The van der Waals surface area contributed by atoms with Gasteiger partial charge in [0.05, 0.1) is 22.7 Å². The maximum Gasteiger partial charge on any atom is 0.280 e. The van der Waals surface area contributed by atoms with Crippen molar-refractivity contribution in [2.45, 2.75) is 37.3 Å². The molecule has 2 amide bonds. The molecule has 2 aliphatic heterocycles. The molecule has 11 nitrogen and oxygen atoms in total. The molecule has 2 saturated heterocycles. The Hall–Kier alpha value is -4.81. The fourth-order valence-corrected chi connectivity index (χ4v) is 6.51. The Morgan fingerprint density at radius 2 is 1.77 bits per heavy atom. The zero-order valence-corrected chi connectivity index (χ0v) is 26.2. The first kappa shape index (κ1) is 32.1. The van der Waals surface area contributed by atoms with Crippen molar-refractivity contribution in [3.63, 3.8) is 0 Å². The smallest absolute Gasteiger partial charge is 0.280 e. The monoisotopic (exact) mass is 660 g/mol. The number of amides is 2. The number of nitrogens with zero attached hydrogens (tertiary/aromatic N) is 5. The van der Waals surface area contributed by atoms with Crippen LogP contribution in [-0.4, -0.2) is 73.0 Å². The Balaban J connectivity index is 1.11. The van der Waals surface area contributed by atoms with E-state index in [0.29, 0.717) is 43.2 Å². The normalized spacial score (nSPS) is 19.3. The third-order valence-electron chi connectivity index (χ3n) is 8.93. The fourth-order valence-electron chi connectivity index (χ4n) is 6.33. The highest BCUT2D eigenvalue weighted by molar-refractivity contribution is 6.30. The summed E-state index contributed by atoms with van der Waals surface area (Å²) in [6, 6.07) is 16.5. The Morgan fingerprint density at radius 1 is 1.04 bits per heavy atom. The Kier molecular flexibility index (Phi) is 9.24. The van der Waals surface area contributed by atoms with Crippen LogP contribution in [0.2, 0.25) is 5.02 Å². The number of rotatable bonds is 7. The fraction of sp³-hybridized carbons (Fsp3) is 0.324.